The standard InChI is InChI=1S/C17H23N3O3S/c1-2-3-9-19(15-8-10-24(22,23)12-15)13-20-17(21)16-7-5-4-6-14(16)11-18-20/h4-7,11,15H,2-3,8-10,12-13H2,1H3/t15-/m0/s1. The number of sulfone groups is 1. The van der Waals surface area contributed by atoms with Gasteiger partial charge in [-0.2, -0.15) is 5.10 Å². The van der Waals surface area contributed by atoms with E-state index in [-0.39, 0.29) is 23.1 Å². The quantitative estimate of drug-likeness (QED) is 0.793. The molecule has 0 unspecified atom stereocenters. The maximum absolute atomic E-state index is 12.6. The molecule has 1 atom stereocenters. The molecule has 7 heteroatoms. The van der Waals surface area contributed by atoms with Crippen LogP contribution >= 0.6 is 0 Å². The van der Waals surface area contributed by atoms with Crippen LogP contribution in [0, 0.1) is 0 Å². The zero-order valence-electron chi connectivity index (χ0n) is 13.9. The Labute approximate surface area is 142 Å². The first-order chi connectivity index (χ1) is 11.5. The minimum atomic E-state index is -2.95. The molecule has 1 aromatic carbocycles. The molecule has 1 fully saturated rings. The second-order valence-electron chi connectivity index (χ2n) is 6.40. The van der Waals surface area contributed by atoms with Crippen molar-refractivity contribution in [2.45, 2.75) is 38.9 Å². The molecule has 0 spiro atoms. The van der Waals surface area contributed by atoms with E-state index in [0.717, 1.165) is 24.8 Å². The molecule has 24 heavy (non-hydrogen) atoms. The predicted octanol–water partition coefficient (Wildman–Crippen LogP) is 1.64. The molecule has 2 aromatic rings. The van der Waals surface area contributed by atoms with Gasteiger partial charge in [0.2, 0.25) is 0 Å². The number of hydrogen-bond acceptors (Lipinski definition) is 5. The molecule has 0 bridgehead atoms. The lowest BCUT2D eigenvalue weighted by atomic mass is 10.2. The van der Waals surface area contributed by atoms with Crippen molar-refractivity contribution in [1.82, 2.24) is 14.7 Å². The summed E-state index contributed by atoms with van der Waals surface area (Å²) in [5.74, 6) is 0.416. The second kappa shape index (κ2) is 7.03. The fraction of sp³-hybridized carbons (Fsp3) is 0.529. The SMILES string of the molecule is CCCCN(Cn1ncc2ccccc2c1=O)[C@H]1CCS(=O)(=O)C1. The first-order valence-electron chi connectivity index (χ1n) is 8.39. The molecule has 0 N–H and O–H groups in total. The number of aromatic nitrogens is 2. The highest BCUT2D eigenvalue weighted by molar-refractivity contribution is 7.91. The minimum Gasteiger partial charge on any atom is -0.280 e. The van der Waals surface area contributed by atoms with Crippen LogP contribution in [-0.2, 0) is 16.5 Å². The third-order valence-corrected chi connectivity index (χ3v) is 6.35. The summed E-state index contributed by atoms with van der Waals surface area (Å²) < 4.78 is 25.1. The fourth-order valence-electron chi connectivity index (χ4n) is 3.19. The van der Waals surface area contributed by atoms with Crippen LogP contribution in [0.3, 0.4) is 0 Å². The largest absolute Gasteiger partial charge is 0.280 e. The van der Waals surface area contributed by atoms with E-state index in [0.29, 0.717) is 18.5 Å². The fourth-order valence-corrected chi connectivity index (χ4v) is 4.96. The normalized spacial score (nSPS) is 20.0. The van der Waals surface area contributed by atoms with Crippen LogP contribution in [0.1, 0.15) is 26.2 Å². The van der Waals surface area contributed by atoms with Crippen LogP contribution in [0.25, 0.3) is 10.8 Å². The van der Waals surface area contributed by atoms with Gasteiger partial charge in [-0.1, -0.05) is 31.5 Å². The first-order valence-corrected chi connectivity index (χ1v) is 10.2. The number of unbranched alkanes of at least 4 members (excludes halogenated alkanes) is 1. The molecule has 1 aliphatic rings. The van der Waals surface area contributed by atoms with E-state index in [2.05, 4.69) is 16.9 Å². The van der Waals surface area contributed by atoms with Gasteiger partial charge in [-0.25, -0.2) is 13.1 Å². The average molecular weight is 349 g/mol. The monoisotopic (exact) mass is 349 g/mol. The Hall–Kier alpha value is -1.73. The van der Waals surface area contributed by atoms with E-state index in [1.807, 2.05) is 18.2 Å². The van der Waals surface area contributed by atoms with Crippen LogP contribution in [0.4, 0.5) is 0 Å². The van der Waals surface area contributed by atoms with E-state index >= 15 is 0 Å². The summed E-state index contributed by atoms with van der Waals surface area (Å²) in [6.45, 7) is 3.21. The van der Waals surface area contributed by atoms with E-state index < -0.39 is 9.84 Å². The summed E-state index contributed by atoms with van der Waals surface area (Å²) in [5.41, 5.74) is -0.129. The van der Waals surface area contributed by atoms with Crippen molar-refractivity contribution in [2.75, 3.05) is 18.1 Å². The molecule has 1 aromatic heterocycles. The van der Waals surface area contributed by atoms with Crippen molar-refractivity contribution in [3.8, 4) is 0 Å². The van der Waals surface area contributed by atoms with Crippen LogP contribution < -0.4 is 5.56 Å². The van der Waals surface area contributed by atoms with Gasteiger partial charge < -0.3 is 0 Å². The van der Waals surface area contributed by atoms with Crippen LogP contribution in [0.2, 0.25) is 0 Å². The molecule has 0 amide bonds. The minimum absolute atomic E-state index is 0.0262. The van der Waals surface area contributed by atoms with Gasteiger partial charge in [-0.3, -0.25) is 9.69 Å². The van der Waals surface area contributed by atoms with Crippen LogP contribution in [0.5, 0.6) is 0 Å². The molecule has 1 saturated heterocycles. The van der Waals surface area contributed by atoms with E-state index in [1.54, 1.807) is 12.3 Å². The molecule has 0 saturated carbocycles. The van der Waals surface area contributed by atoms with Gasteiger partial charge in [0, 0.05) is 18.0 Å². The van der Waals surface area contributed by atoms with Crippen molar-refractivity contribution in [2.24, 2.45) is 0 Å². The van der Waals surface area contributed by atoms with Gasteiger partial charge in [0.1, 0.15) is 0 Å². The summed E-state index contributed by atoms with van der Waals surface area (Å²) in [6.07, 6.45) is 4.32. The lowest BCUT2D eigenvalue weighted by Gasteiger charge is -2.28. The smallest absolute Gasteiger partial charge is 0.275 e. The van der Waals surface area contributed by atoms with Crippen molar-refractivity contribution in [3.63, 3.8) is 0 Å². The lowest BCUT2D eigenvalue weighted by Crippen LogP contribution is -2.41. The van der Waals surface area contributed by atoms with Crippen molar-refractivity contribution < 1.29 is 8.42 Å². The maximum atomic E-state index is 12.6. The Morgan fingerprint density at radius 1 is 1.33 bits per heavy atom. The van der Waals surface area contributed by atoms with Crippen LogP contribution in [-0.4, -0.2) is 47.2 Å². The highest BCUT2D eigenvalue weighted by atomic mass is 32.2. The highest BCUT2D eigenvalue weighted by Gasteiger charge is 2.32. The molecular weight excluding hydrogens is 326 g/mol. The van der Waals surface area contributed by atoms with Gasteiger partial charge in [-0.15, -0.1) is 0 Å². The van der Waals surface area contributed by atoms with Crippen molar-refractivity contribution in [3.05, 3.63) is 40.8 Å². The third-order valence-electron chi connectivity index (χ3n) is 4.60. The molecule has 130 valence electrons. The second-order valence-corrected chi connectivity index (χ2v) is 8.63. The zero-order chi connectivity index (χ0) is 17.2. The topological polar surface area (TPSA) is 72.3 Å². The number of hydrogen-bond donors (Lipinski definition) is 0. The number of rotatable bonds is 6. The van der Waals surface area contributed by atoms with Gasteiger partial charge in [0.15, 0.2) is 9.84 Å². The molecule has 0 radical (unpaired) electrons. The van der Waals surface area contributed by atoms with Crippen LogP contribution in [0.15, 0.2) is 35.3 Å². The van der Waals surface area contributed by atoms with Crippen molar-refractivity contribution >= 4 is 20.6 Å². The zero-order valence-corrected chi connectivity index (χ0v) is 14.7. The summed E-state index contributed by atoms with van der Waals surface area (Å²) in [7, 11) is -2.95. The Balaban J connectivity index is 1.87. The highest BCUT2D eigenvalue weighted by Crippen LogP contribution is 2.19. The molecule has 0 aliphatic carbocycles. The Morgan fingerprint density at radius 2 is 2.12 bits per heavy atom. The Morgan fingerprint density at radius 3 is 2.83 bits per heavy atom. The summed E-state index contributed by atoms with van der Waals surface area (Å²) >= 11 is 0. The molecule has 2 heterocycles. The van der Waals surface area contributed by atoms with Gasteiger partial charge in [0.05, 0.1) is 29.8 Å². The van der Waals surface area contributed by atoms with Gasteiger partial charge in [-0.05, 0) is 18.9 Å². The predicted molar refractivity (Wildman–Crippen MR) is 94.7 cm³/mol. The first kappa shape index (κ1) is 17.1. The number of fused-ring (bicyclic) bond motifs is 1. The molecule has 3 rings (SSSR count). The summed E-state index contributed by atoms with van der Waals surface area (Å²) in [5, 5.41) is 5.74. The maximum Gasteiger partial charge on any atom is 0.275 e. The van der Waals surface area contributed by atoms with E-state index in [9.17, 15) is 13.2 Å². The molecule has 6 nitrogen and oxygen atoms in total. The Kier molecular flexibility index (Phi) is 5.01. The number of nitrogens with zero attached hydrogens (tertiary/aromatic N) is 3. The molecular formula is C17H23N3O3S. The van der Waals surface area contributed by atoms with Gasteiger partial charge >= 0.3 is 0 Å². The summed E-state index contributed by atoms with van der Waals surface area (Å²) in [4.78, 5) is 14.7. The van der Waals surface area contributed by atoms with Gasteiger partial charge in [0.25, 0.3) is 5.56 Å². The summed E-state index contributed by atoms with van der Waals surface area (Å²) in [6, 6.07) is 7.36. The van der Waals surface area contributed by atoms with Crippen molar-refractivity contribution in [1.29, 1.82) is 0 Å². The molecule has 1 aliphatic heterocycles. The average Bonchev–Trinajstić information content (AvgIpc) is 2.93. The van der Waals surface area contributed by atoms with E-state index in [1.165, 1.54) is 4.68 Å². The number of benzene rings is 1. The lowest BCUT2D eigenvalue weighted by molar-refractivity contribution is 0.151. The Bertz CT molecular complexity index is 876. The van der Waals surface area contributed by atoms with E-state index in [4.69, 9.17) is 0 Å². The third kappa shape index (κ3) is 3.67.